The lowest BCUT2D eigenvalue weighted by atomic mass is 9.85. The molecular formula is C28H37N5O4. The summed E-state index contributed by atoms with van der Waals surface area (Å²) in [6, 6.07) is 15.5. The molecule has 4 rings (SSSR count). The molecule has 0 radical (unpaired) electrons. The van der Waals surface area contributed by atoms with Crippen molar-refractivity contribution < 1.29 is 19.1 Å². The largest absolute Gasteiger partial charge is 0.385 e. The number of hydrogen-bond donors (Lipinski definition) is 2. The fourth-order valence-corrected chi connectivity index (χ4v) is 5.10. The Morgan fingerprint density at radius 3 is 2.43 bits per heavy atom. The third-order valence-corrected chi connectivity index (χ3v) is 7.40. The summed E-state index contributed by atoms with van der Waals surface area (Å²) >= 11 is 0. The number of aryl methyl sites for hydroxylation is 2. The predicted octanol–water partition coefficient (Wildman–Crippen LogP) is 3.13. The Morgan fingerprint density at radius 1 is 1.03 bits per heavy atom. The third-order valence-electron chi connectivity index (χ3n) is 7.40. The van der Waals surface area contributed by atoms with Crippen LogP contribution in [0.4, 0.5) is 16.2 Å². The highest BCUT2D eigenvalue weighted by Gasteiger charge is 2.54. The Hall–Kier alpha value is -3.59. The minimum atomic E-state index is -0.783. The molecule has 9 heteroatoms. The van der Waals surface area contributed by atoms with Gasteiger partial charge in [-0.25, -0.2) is 4.79 Å². The highest BCUT2D eigenvalue weighted by atomic mass is 16.5. The van der Waals surface area contributed by atoms with Crippen LogP contribution in [0.15, 0.2) is 48.5 Å². The Morgan fingerprint density at radius 2 is 1.76 bits per heavy atom. The van der Waals surface area contributed by atoms with E-state index in [1.165, 1.54) is 5.56 Å². The molecule has 198 valence electrons. The summed E-state index contributed by atoms with van der Waals surface area (Å²) < 4.78 is 5.03. The second kappa shape index (κ2) is 11.6. The summed E-state index contributed by atoms with van der Waals surface area (Å²) in [6.07, 6.45) is 1.70. The van der Waals surface area contributed by atoms with Crippen LogP contribution in [0.2, 0.25) is 0 Å². The van der Waals surface area contributed by atoms with Gasteiger partial charge in [0.25, 0.3) is 5.91 Å². The minimum absolute atomic E-state index is 0.00781. The molecule has 0 unspecified atom stereocenters. The number of nitrogens with one attached hydrogen (secondary N) is 2. The molecule has 4 amide bonds. The number of methoxy groups -OCH3 is 1. The van der Waals surface area contributed by atoms with Crippen LogP contribution in [0, 0.1) is 13.8 Å². The van der Waals surface area contributed by atoms with Gasteiger partial charge < -0.3 is 30.1 Å². The van der Waals surface area contributed by atoms with Crippen LogP contribution in [-0.4, -0.2) is 79.7 Å². The van der Waals surface area contributed by atoms with Crippen molar-refractivity contribution in [3.8, 4) is 0 Å². The number of benzene rings is 2. The lowest BCUT2D eigenvalue weighted by Gasteiger charge is -2.43. The summed E-state index contributed by atoms with van der Waals surface area (Å²) in [5, 5.41) is 5.86. The van der Waals surface area contributed by atoms with Crippen molar-refractivity contribution in [2.75, 3.05) is 56.8 Å². The number of urea groups is 1. The first kappa shape index (κ1) is 26.5. The van der Waals surface area contributed by atoms with Gasteiger partial charge in [-0.15, -0.1) is 0 Å². The highest BCUT2D eigenvalue weighted by molar-refractivity contribution is 5.97. The van der Waals surface area contributed by atoms with Crippen LogP contribution in [0.3, 0.4) is 0 Å². The van der Waals surface area contributed by atoms with Crippen LogP contribution in [0.5, 0.6) is 0 Å². The molecule has 2 aliphatic rings. The number of para-hydroxylation sites is 1. The maximum atomic E-state index is 13.8. The molecule has 0 aliphatic carbocycles. The Kier molecular flexibility index (Phi) is 8.33. The molecule has 0 atom stereocenters. The first-order chi connectivity index (χ1) is 17.8. The number of rotatable bonds is 8. The molecule has 1 spiro atoms. The minimum Gasteiger partial charge on any atom is -0.385 e. The van der Waals surface area contributed by atoms with Crippen LogP contribution in [-0.2, 0) is 14.3 Å². The van der Waals surface area contributed by atoms with Gasteiger partial charge >= 0.3 is 6.03 Å². The number of amides is 4. The SMILES string of the molecule is COCCCNC(=O)CN1CN(c2ccccc2)C2(CCN(C(=O)Nc3ccc(C)c(C)c3)CC2)C1=O. The summed E-state index contributed by atoms with van der Waals surface area (Å²) in [6.45, 7) is 6.37. The van der Waals surface area contributed by atoms with Crippen molar-refractivity contribution in [1.29, 1.82) is 0 Å². The van der Waals surface area contributed by atoms with Crippen molar-refractivity contribution in [3.63, 3.8) is 0 Å². The van der Waals surface area contributed by atoms with Crippen LogP contribution < -0.4 is 15.5 Å². The number of carbonyl (C=O) groups is 3. The number of nitrogens with zero attached hydrogens (tertiary/aromatic N) is 3. The fraction of sp³-hybridized carbons (Fsp3) is 0.464. The van der Waals surface area contributed by atoms with Crippen LogP contribution in [0.1, 0.15) is 30.4 Å². The number of anilines is 2. The van der Waals surface area contributed by atoms with Crippen LogP contribution >= 0.6 is 0 Å². The van der Waals surface area contributed by atoms with E-state index in [0.29, 0.717) is 45.8 Å². The van der Waals surface area contributed by atoms with Gasteiger partial charge in [0.15, 0.2) is 0 Å². The first-order valence-corrected chi connectivity index (χ1v) is 12.8. The zero-order valence-electron chi connectivity index (χ0n) is 22.0. The number of ether oxygens (including phenoxy) is 1. The first-order valence-electron chi connectivity index (χ1n) is 12.8. The second-order valence-corrected chi connectivity index (χ2v) is 9.85. The van der Waals surface area contributed by atoms with E-state index in [0.717, 1.165) is 23.4 Å². The average Bonchev–Trinajstić information content (AvgIpc) is 3.15. The molecule has 0 aromatic heterocycles. The quantitative estimate of drug-likeness (QED) is 0.536. The van der Waals surface area contributed by atoms with Crippen molar-refractivity contribution in [1.82, 2.24) is 15.1 Å². The van der Waals surface area contributed by atoms with Gasteiger partial charge in [0.1, 0.15) is 12.1 Å². The molecule has 0 saturated carbocycles. The summed E-state index contributed by atoms with van der Waals surface area (Å²) in [5.41, 5.74) is 3.21. The van der Waals surface area contributed by atoms with Crippen LogP contribution in [0.25, 0.3) is 0 Å². The lowest BCUT2D eigenvalue weighted by Crippen LogP contribution is -2.58. The van der Waals surface area contributed by atoms with E-state index in [9.17, 15) is 14.4 Å². The monoisotopic (exact) mass is 507 g/mol. The molecule has 2 N–H and O–H groups in total. The van der Waals surface area contributed by atoms with Crippen molar-refractivity contribution in [2.45, 2.75) is 38.6 Å². The van der Waals surface area contributed by atoms with E-state index in [4.69, 9.17) is 4.74 Å². The molecule has 2 saturated heterocycles. The molecule has 37 heavy (non-hydrogen) atoms. The van der Waals surface area contributed by atoms with Gasteiger partial charge in [0, 0.05) is 44.7 Å². The zero-order valence-corrected chi connectivity index (χ0v) is 22.0. The molecule has 2 heterocycles. The smallest absolute Gasteiger partial charge is 0.321 e. The fourth-order valence-electron chi connectivity index (χ4n) is 5.10. The average molecular weight is 508 g/mol. The van der Waals surface area contributed by atoms with E-state index >= 15 is 0 Å². The molecular weight excluding hydrogens is 470 g/mol. The Bertz CT molecular complexity index is 1110. The Balaban J connectivity index is 1.44. The van der Waals surface area contributed by atoms with Gasteiger partial charge in [0.05, 0.1) is 6.67 Å². The third kappa shape index (κ3) is 5.88. The van der Waals surface area contributed by atoms with E-state index in [1.807, 2.05) is 62.4 Å². The van der Waals surface area contributed by atoms with Gasteiger partial charge in [-0.3, -0.25) is 9.59 Å². The maximum absolute atomic E-state index is 13.8. The normalized spacial score (nSPS) is 16.8. The summed E-state index contributed by atoms with van der Waals surface area (Å²) in [7, 11) is 1.63. The van der Waals surface area contributed by atoms with E-state index in [2.05, 4.69) is 15.5 Å². The summed E-state index contributed by atoms with van der Waals surface area (Å²) in [5.74, 6) is -0.239. The van der Waals surface area contributed by atoms with Crippen molar-refractivity contribution >= 4 is 29.2 Å². The van der Waals surface area contributed by atoms with E-state index < -0.39 is 5.54 Å². The maximum Gasteiger partial charge on any atom is 0.321 e. The zero-order chi connectivity index (χ0) is 26.4. The molecule has 9 nitrogen and oxygen atoms in total. The molecule has 2 aliphatic heterocycles. The predicted molar refractivity (Wildman–Crippen MR) is 143 cm³/mol. The number of hydrogen-bond acceptors (Lipinski definition) is 5. The molecule has 0 bridgehead atoms. The van der Waals surface area contributed by atoms with Gasteiger partial charge in [-0.2, -0.15) is 0 Å². The molecule has 2 aromatic rings. The van der Waals surface area contributed by atoms with Gasteiger partial charge in [-0.1, -0.05) is 24.3 Å². The van der Waals surface area contributed by atoms with Gasteiger partial charge in [0.2, 0.25) is 5.91 Å². The lowest BCUT2D eigenvalue weighted by molar-refractivity contribution is -0.137. The van der Waals surface area contributed by atoms with Gasteiger partial charge in [-0.05, 0) is 68.5 Å². The van der Waals surface area contributed by atoms with E-state index in [1.54, 1.807) is 16.9 Å². The standard InChI is InChI=1S/C28H37N5O4/c1-21-10-11-23(18-22(21)2)30-27(36)31-15-12-28(13-16-31)26(35)32(19-25(34)29-14-7-17-37-3)20-33(28)24-8-5-4-6-9-24/h4-6,8-11,18H,7,12-17,19-20H2,1-3H3,(H,29,34)(H,30,36). The number of piperidine rings is 1. The molecule has 2 aromatic carbocycles. The number of carbonyl (C=O) groups excluding carboxylic acids is 3. The number of likely N-dealkylation sites (tertiary alicyclic amines) is 1. The van der Waals surface area contributed by atoms with E-state index in [-0.39, 0.29) is 24.4 Å². The second-order valence-electron chi connectivity index (χ2n) is 9.85. The Labute approximate surface area is 218 Å². The topological polar surface area (TPSA) is 94.2 Å². The van der Waals surface area contributed by atoms with Crippen molar-refractivity contribution in [2.24, 2.45) is 0 Å². The van der Waals surface area contributed by atoms with Crippen molar-refractivity contribution in [3.05, 3.63) is 59.7 Å². The summed E-state index contributed by atoms with van der Waals surface area (Å²) in [4.78, 5) is 44.8. The highest BCUT2D eigenvalue weighted by Crippen LogP contribution is 2.39. The molecule has 2 fully saturated rings.